The van der Waals surface area contributed by atoms with Gasteiger partial charge in [-0.3, -0.25) is 5.10 Å². The van der Waals surface area contributed by atoms with Crippen LogP contribution in [0.1, 0.15) is 49.8 Å². The molecule has 102 valence electrons. The van der Waals surface area contributed by atoms with E-state index in [2.05, 4.69) is 52.8 Å². The molecule has 0 radical (unpaired) electrons. The molecule has 0 saturated heterocycles. The summed E-state index contributed by atoms with van der Waals surface area (Å²) in [5, 5.41) is 10.5. The first-order valence-corrected chi connectivity index (χ1v) is 7.16. The zero-order chi connectivity index (χ0) is 13.3. The molecule has 0 amide bonds. The van der Waals surface area contributed by atoms with Crippen LogP contribution in [0.3, 0.4) is 0 Å². The Bertz CT molecular complexity index is 436. The van der Waals surface area contributed by atoms with Crippen LogP contribution in [0.2, 0.25) is 0 Å². The fraction of sp³-hybridized carbons (Fsp3) is 0.438. The minimum atomic E-state index is 0.433. The molecule has 0 fully saturated rings. The van der Waals surface area contributed by atoms with E-state index in [1.54, 1.807) is 0 Å². The average Bonchev–Trinajstić information content (AvgIpc) is 2.97. The van der Waals surface area contributed by atoms with Crippen LogP contribution < -0.4 is 5.32 Å². The molecule has 19 heavy (non-hydrogen) atoms. The zero-order valence-corrected chi connectivity index (χ0v) is 11.6. The number of nitrogens with one attached hydrogen (secondary N) is 2. The number of nitrogens with zero attached hydrogens (tertiary/aromatic N) is 1. The van der Waals surface area contributed by atoms with Gasteiger partial charge in [0.2, 0.25) is 0 Å². The van der Waals surface area contributed by atoms with Crippen LogP contribution in [0.4, 0.5) is 0 Å². The SMILES string of the molecule is CCCCCC(NCc1cn[nH]c1)c1ccccc1. The van der Waals surface area contributed by atoms with Gasteiger partial charge in [0, 0.05) is 24.3 Å². The molecule has 1 atom stereocenters. The molecule has 1 unspecified atom stereocenters. The predicted molar refractivity (Wildman–Crippen MR) is 78.8 cm³/mol. The fourth-order valence-corrected chi connectivity index (χ4v) is 2.29. The first-order chi connectivity index (χ1) is 9.40. The van der Waals surface area contributed by atoms with Gasteiger partial charge in [-0.25, -0.2) is 0 Å². The van der Waals surface area contributed by atoms with Gasteiger partial charge in [-0.1, -0.05) is 56.5 Å². The van der Waals surface area contributed by atoms with Gasteiger partial charge in [-0.2, -0.15) is 5.10 Å². The van der Waals surface area contributed by atoms with Crippen molar-refractivity contribution in [2.45, 2.75) is 45.2 Å². The summed E-state index contributed by atoms with van der Waals surface area (Å²) < 4.78 is 0. The van der Waals surface area contributed by atoms with Gasteiger partial charge in [0.05, 0.1) is 6.20 Å². The quantitative estimate of drug-likeness (QED) is 0.706. The molecule has 1 heterocycles. The molecule has 0 aliphatic rings. The van der Waals surface area contributed by atoms with Gasteiger partial charge in [0.25, 0.3) is 0 Å². The van der Waals surface area contributed by atoms with Crippen molar-refractivity contribution < 1.29 is 0 Å². The van der Waals surface area contributed by atoms with Crippen LogP contribution in [-0.4, -0.2) is 10.2 Å². The van der Waals surface area contributed by atoms with Crippen LogP contribution >= 0.6 is 0 Å². The van der Waals surface area contributed by atoms with E-state index < -0.39 is 0 Å². The van der Waals surface area contributed by atoms with E-state index >= 15 is 0 Å². The standard InChI is InChI=1S/C16H23N3/c1-2-3-5-10-16(15-8-6-4-7-9-15)17-11-14-12-18-19-13-14/h4,6-9,12-13,16-17H,2-3,5,10-11H2,1H3,(H,18,19). The summed E-state index contributed by atoms with van der Waals surface area (Å²) >= 11 is 0. The van der Waals surface area contributed by atoms with Crippen molar-refractivity contribution in [1.82, 2.24) is 15.5 Å². The Morgan fingerprint density at radius 3 is 2.74 bits per heavy atom. The molecule has 0 aliphatic heterocycles. The summed E-state index contributed by atoms with van der Waals surface area (Å²) in [6, 6.07) is 11.1. The van der Waals surface area contributed by atoms with E-state index in [0.717, 1.165) is 6.54 Å². The van der Waals surface area contributed by atoms with Crippen LogP contribution in [0.25, 0.3) is 0 Å². The van der Waals surface area contributed by atoms with E-state index in [1.165, 1.54) is 36.8 Å². The highest BCUT2D eigenvalue weighted by atomic mass is 15.1. The Labute approximate surface area is 115 Å². The van der Waals surface area contributed by atoms with Gasteiger partial charge in [-0.05, 0) is 12.0 Å². The molecule has 1 aromatic heterocycles. The largest absolute Gasteiger partial charge is 0.306 e. The number of hydrogen-bond acceptors (Lipinski definition) is 2. The van der Waals surface area contributed by atoms with Crippen LogP contribution in [0, 0.1) is 0 Å². The van der Waals surface area contributed by atoms with E-state index in [1.807, 2.05) is 12.4 Å². The minimum Gasteiger partial charge on any atom is -0.306 e. The Hall–Kier alpha value is -1.61. The monoisotopic (exact) mass is 257 g/mol. The highest BCUT2D eigenvalue weighted by molar-refractivity contribution is 5.19. The average molecular weight is 257 g/mol. The predicted octanol–water partition coefficient (Wildman–Crippen LogP) is 3.82. The van der Waals surface area contributed by atoms with E-state index in [0.29, 0.717) is 6.04 Å². The van der Waals surface area contributed by atoms with E-state index in [4.69, 9.17) is 0 Å². The molecule has 0 aliphatic carbocycles. The number of rotatable bonds is 8. The Kier molecular flexibility index (Phi) is 5.63. The molecule has 2 aromatic rings. The summed E-state index contributed by atoms with van der Waals surface area (Å²) in [5.74, 6) is 0. The lowest BCUT2D eigenvalue weighted by molar-refractivity contribution is 0.473. The first kappa shape index (κ1) is 13.8. The Balaban J connectivity index is 1.93. The lowest BCUT2D eigenvalue weighted by atomic mass is 10.0. The third kappa shape index (κ3) is 4.52. The molecule has 0 spiro atoms. The van der Waals surface area contributed by atoms with Gasteiger partial charge < -0.3 is 5.32 Å². The molecule has 0 saturated carbocycles. The minimum absolute atomic E-state index is 0.433. The summed E-state index contributed by atoms with van der Waals surface area (Å²) in [4.78, 5) is 0. The van der Waals surface area contributed by atoms with Gasteiger partial charge in [0.1, 0.15) is 0 Å². The number of aromatic nitrogens is 2. The van der Waals surface area contributed by atoms with Crippen molar-refractivity contribution in [1.29, 1.82) is 0 Å². The molecule has 0 bridgehead atoms. The summed E-state index contributed by atoms with van der Waals surface area (Å²) in [6.45, 7) is 3.11. The van der Waals surface area contributed by atoms with Crippen molar-refractivity contribution in [2.75, 3.05) is 0 Å². The number of benzene rings is 1. The smallest absolute Gasteiger partial charge is 0.0532 e. The lowest BCUT2D eigenvalue weighted by Crippen LogP contribution is -2.20. The van der Waals surface area contributed by atoms with Gasteiger partial charge in [-0.15, -0.1) is 0 Å². The fourth-order valence-electron chi connectivity index (χ4n) is 2.29. The topological polar surface area (TPSA) is 40.7 Å². The van der Waals surface area contributed by atoms with Crippen LogP contribution in [-0.2, 0) is 6.54 Å². The third-order valence-corrected chi connectivity index (χ3v) is 3.41. The number of aromatic amines is 1. The summed E-state index contributed by atoms with van der Waals surface area (Å²) in [7, 11) is 0. The molecule has 2 rings (SSSR count). The molecular weight excluding hydrogens is 234 g/mol. The van der Waals surface area contributed by atoms with E-state index in [-0.39, 0.29) is 0 Å². The second-order valence-corrected chi connectivity index (χ2v) is 4.95. The first-order valence-electron chi connectivity index (χ1n) is 7.16. The van der Waals surface area contributed by atoms with Crippen molar-refractivity contribution in [3.05, 3.63) is 53.9 Å². The second kappa shape index (κ2) is 7.74. The van der Waals surface area contributed by atoms with Gasteiger partial charge >= 0.3 is 0 Å². The molecule has 1 aromatic carbocycles. The van der Waals surface area contributed by atoms with E-state index in [9.17, 15) is 0 Å². The zero-order valence-electron chi connectivity index (χ0n) is 11.6. The number of unbranched alkanes of at least 4 members (excludes halogenated alkanes) is 2. The van der Waals surface area contributed by atoms with Crippen molar-refractivity contribution >= 4 is 0 Å². The molecule has 2 N–H and O–H groups in total. The lowest BCUT2D eigenvalue weighted by Gasteiger charge is -2.19. The van der Waals surface area contributed by atoms with Crippen LogP contribution in [0.5, 0.6) is 0 Å². The molecule has 3 heteroatoms. The Morgan fingerprint density at radius 2 is 2.05 bits per heavy atom. The number of hydrogen-bond donors (Lipinski definition) is 2. The Morgan fingerprint density at radius 1 is 1.21 bits per heavy atom. The number of H-pyrrole nitrogens is 1. The maximum atomic E-state index is 3.98. The maximum Gasteiger partial charge on any atom is 0.0532 e. The van der Waals surface area contributed by atoms with Crippen LogP contribution in [0.15, 0.2) is 42.7 Å². The molecule has 3 nitrogen and oxygen atoms in total. The summed E-state index contributed by atoms with van der Waals surface area (Å²) in [6.07, 6.45) is 8.85. The van der Waals surface area contributed by atoms with Crippen molar-refractivity contribution in [3.63, 3.8) is 0 Å². The highest BCUT2D eigenvalue weighted by Crippen LogP contribution is 2.20. The normalized spacial score (nSPS) is 12.5. The summed E-state index contributed by atoms with van der Waals surface area (Å²) in [5.41, 5.74) is 2.58. The van der Waals surface area contributed by atoms with Gasteiger partial charge in [0.15, 0.2) is 0 Å². The highest BCUT2D eigenvalue weighted by Gasteiger charge is 2.10. The third-order valence-electron chi connectivity index (χ3n) is 3.41. The second-order valence-electron chi connectivity index (χ2n) is 4.95. The molecular formula is C16H23N3. The maximum absolute atomic E-state index is 3.98. The van der Waals surface area contributed by atoms with Crippen molar-refractivity contribution in [2.24, 2.45) is 0 Å². The van der Waals surface area contributed by atoms with Crippen molar-refractivity contribution in [3.8, 4) is 0 Å².